The van der Waals surface area contributed by atoms with E-state index in [1.165, 1.54) is 19.2 Å². The van der Waals surface area contributed by atoms with Crippen LogP contribution in [0.25, 0.3) is 0 Å². The number of benzene rings is 2. The average molecular weight is 360 g/mol. The lowest BCUT2D eigenvalue weighted by molar-refractivity contribution is 0.323. The topological polar surface area (TPSA) is 64.6 Å². The highest BCUT2D eigenvalue weighted by atomic mass is 35.5. The first-order chi connectivity index (χ1) is 10.9. The summed E-state index contributed by atoms with van der Waals surface area (Å²) >= 11 is 5.75. The Bertz CT molecular complexity index is 766. The number of methoxy groups -OCH3 is 1. The summed E-state index contributed by atoms with van der Waals surface area (Å²) in [5.74, 6) is -0.188. The standard InChI is InChI=1S/C15H15ClFNO4S/c1-21-15-7-6-13(10-14(15)17)23(19,20)18-8-9-22-12-4-2-11(16)3-5-12/h2-7,10,18H,8-9H2,1H3. The zero-order valence-corrected chi connectivity index (χ0v) is 13.8. The van der Waals surface area contributed by atoms with Crippen molar-refractivity contribution < 1.29 is 22.3 Å². The van der Waals surface area contributed by atoms with Gasteiger partial charge in [0.25, 0.3) is 0 Å². The molecule has 0 aromatic heterocycles. The molecule has 0 unspecified atom stereocenters. The summed E-state index contributed by atoms with van der Waals surface area (Å²) < 4.78 is 50.1. The van der Waals surface area contributed by atoms with Crippen LogP contribution in [0.4, 0.5) is 4.39 Å². The van der Waals surface area contributed by atoms with Gasteiger partial charge in [0.1, 0.15) is 12.4 Å². The van der Waals surface area contributed by atoms with Crippen molar-refractivity contribution in [2.75, 3.05) is 20.3 Å². The second-order valence-corrected chi connectivity index (χ2v) is 6.70. The van der Waals surface area contributed by atoms with Gasteiger partial charge in [0, 0.05) is 11.6 Å². The van der Waals surface area contributed by atoms with Gasteiger partial charge < -0.3 is 9.47 Å². The lowest BCUT2D eigenvalue weighted by atomic mass is 10.3. The predicted octanol–water partition coefficient (Wildman–Crippen LogP) is 2.85. The predicted molar refractivity (Wildman–Crippen MR) is 85.1 cm³/mol. The maximum atomic E-state index is 13.6. The summed E-state index contributed by atoms with van der Waals surface area (Å²) in [5, 5.41) is 0.583. The molecule has 0 aliphatic rings. The third-order valence-corrected chi connectivity index (χ3v) is 4.62. The van der Waals surface area contributed by atoms with Gasteiger partial charge in [0.15, 0.2) is 11.6 Å². The molecule has 0 atom stereocenters. The Hall–Kier alpha value is -1.83. The minimum Gasteiger partial charge on any atom is -0.494 e. The molecule has 0 amide bonds. The quantitative estimate of drug-likeness (QED) is 0.772. The van der Waals surface area contributed by atoms with Crippen molar-refractivity contribution in [2.24, 2.45) is 0 Å². The van der Waals surface area contributed by atoms with Crippen LogP contribution in [0, 0.1) is 5.82 Å². The van der Waals surface area contributed by atoms with Crippen LogP contribution < -0.4 is 14.2 Å². The number of halogens is 2. The van der Waals surface area contributed by atoms with Crippen LogP contribution in [0.2, 0.25) is 5.02 Å². The number of hydrogen-bond acceptors (Lipinski definition) is 4. The second-order valence-electron chi connectivity index (χ2n) is 4.50. The molecular formula is C15H15ClFNO4S. The smallest absolute Gasteiger partial charge is 0.240 e. The molecule has 23 heavy (non-hydrogen) atoms. The Morgan fingerprint density at radius 3 is 2.48 bits per heavy atom. The van der Waals surface area contributed by atoms with Crippen molar-refractivity contribution in [3.63, 3.8) is 0 Å². The van der Waals surface area contributed by atoms with Crippen LogP contribution in [-0.2, 0) is 10.0 Å². The fraction of sp³-hybridized carbons (Fsp3) is 0.200. The van der Waals surface area contributed by atoms with Crippen molar-refractivity contribution in [3.8, 4) is 11.5 Å². The van der Waals surface area contributed by atoms with Crippen LogP contribution in [0.5, 0.6) is 11.5 Å². The van der Waals surface area contributed by atoms with E-state index < -0.39 is 15.8 Å². The monoisotopic (exact) mass is 359 g/mol. The molecule has 2 aromatic carbocycles. The fourth-order valence-electron chi connectivity index (χ4n) is 1.77. The van der Waals surface area contributed by atoms with Crippen LogP contribution >= 0.6 is 11.6 Å². The van der Waals surface area contributed by atoms with Crippen LogP contribution in [0.3, 0.4) is 0 Å². The lowest BCUT2D eigenvalue weighted by Gasteiger charge is -2.09. The van der Waals surface area contributed by atoms with Gasteiger partial charge in [0.05, 0.1) is 12.0 Å². The molecule has 0 bridgehead atoms. The zero-order valence-electron chi connectivity index (χ0n) is 12.3. The summed E-state index contributed by atoms with van der Waals surface area (Å²) in [5.41, 5.74) is 0. The Morgan fingerprint density at radius 2 is 1.87 bits per heavy atom. The third kappa shape index (κ3) is 4.82. The van der Waals surface area contributed by atoms with Gasteiger partial charge in [-0.05, 0) is 42.5 Å². The van der Waals surface area contributed by atoms with Crippen LogP contribution in [-0.4, -0.2) is 28.7 Å². The maximum Gasteiger partial charge on any atom is 0.240 e. The average Bonchev–Trinajstić information content (AvgIpc) is 2.53. The normalized spacial score (nSPS) is 11.3. The van der Waals surface area contributed by atoms with E-state index in [0.29, 0.717) is 10.8 Å². The van der Waals surface area contributed by atoms with E-state index in [-0.39, 0.29) is 23.8 Å². The van der Waals surface area contributed by atoms with E-state index in [9.17, 15) is 12.8 Å². The van der Waals surface area contributed by atoms with Crippen LogP contribution in [0.15, 0.2) is 47.4 Å². The van der Waals surface area contributed by atoms with Gasteiger partial charge in [-0.1, -0.05) is 11.6 Å². The van der Waals surface area contributed by atoms with Crippen molar-refractivity contribution in [1.82, 2.24) is 4.72 Å². The van der Waals surface area contributed by atoms with Crippen molar-refractivity contribution >= 4 is 21.6 Å². The number of sulfonamides is 1. The molecule has 8 heteroatoms. The maximum absolute atomic E-state index is 13.6. The van der Waals surface area contributed by atoms with E-state index in [1.54, 1.807) is 24.3 Å². The molecule has 0 aliphatic carbocycles. The van der Waals surface area contributed by atoms with Crippen molar-refractivity contribution in [2.45, 2.75) is 4.90 Å². The fourth-order valence-corrected chi connectivity index (χ4v) is 2.92. The Labute approximate surface area is 139 Å². The molecule has 0 heterocycles. The van der Waals surface area contributed by atoms with Gasteiger partial charge in [-0.3, -0.25) is 0 Å². The summed E-state index contributed by atoms with van der Waals surface area (Å²) in [6.07, 6.45) is 0. The van der Waals surface area contributed by atoms with Gasteiger partial charge >= 0.3 is 0 Å². The molecule has 1 N–H and O–H groups in total. The van der Waals surface area contributed by atoms with Gasteiger partial charge in [-0.2, -0.15) is 0 Å². The Morgan fingerprint density at radius 1 is 1.17 bits per heavy atom. The lowest BCUT2D eigenvalue weighted by Crippen LogP contribution is -2.28. The summed E-state index contributed by atoms with van der Waals surface area (Å²) in [7, 11) is -2.51. The molecule has 0 spiro atoms. The first-order valence-corrected chi connectivity index (χ1v) is 8.50. The molecule has 0 fully saturated rings. The number of ether oxygens (including phenoxy) is 2. The summed E-state index contributed by atoms with van der Waals surface area (Å²) in [4.78, 5) is -0.178. The molecule has 0 radical (unpaired) electrons. The van der Waals surface area contributed by atoms with E-state index in [4.69, 9.17) is 21.1 Å². The highest BCUT2D eigenvalue weighted by Crippen LogP contribution is 2.20. The van der Waals surface area contributed by atoms with Gasteiger partial charge in [-0.15, -0.1) is 0 Å². The second kappa shape index (κ2) is 7.63. The SMILES string of the molecule is COc1ccc(S(=O)(=O)NCCOc2ccc(Cl)cc2)cc1F. The number of nitrogens with one attached hydrogen (secondary N) is 1. The molecular weight excluding hydrogens is 345 g/mol. The third-order valence-electron chi connectivity index (χ3n) is 2.91. The van der Waals surface area contributed by atoms with E-state index in [2.05, 4.69) is 4.72 Å². The minimum absolute atomic E-state index is 0.0185. The van der Waals surface area contributed by atoms with E-state index >= 15 is 0 Å². The molecule has 2 aromatic rings. The van der Waals surface area contributed by atoms with Gasteiger partial charge in [-0.25, -0.2) is 17.5 Å². The minimum atomic E-state index is -3.82. The number of hydrogen-bond donors (Lipinski definition) is 1. The summed E-state index contributed by atoms with van der Waals surface area (Å²) in [6.45, 7) is 0.165. The van der Waals surface area contributed by atoms with E-state index in [1.807, 2.05) is 0 Å². The largest absolute Gasteiger partial charge is 0.494 e. The molecule has 5 nitrogen and oxygen atoms in total. The van der Waals surface area contributed by atoms with E-state index in [0.717, 1.165) is 6.07 Å². The zero-order chi connectivity index (χ0) is 16.9. The van der Waals surface area contributed by atoms with Crippen LogP contribution in [0.1, 0.15) is 0 Å². The van der Waals surface area contributed by atoms with Crippen molar-refractivity contribution in [3.05, 3.63) is 53.3 Å². The molecule has 0 aliphatic heterocycles. The first kappa shape index (κ1) is 17.5. The highest BCUT2D eigenvalue weighted by molar-refractivity contribution is 7.89. The molecule has 0 saturated carbocycles. The molecule has 2 rings (SSSR count). The highest BCUT2D eigenvalue weighted by Gasteiger charge is 2.16. The molecule has 124 valence electrons. The van der Waals surface area contributed by atoms with Crippen molar-refractivity contribution in [1.29, 1.82) is 0 Å². The summed E-state index contributed by atoms with van der Waals surface area (Å²) in [6, 6.07) is 10.1. The Kier molecular flexibility index (Phi) is 5.81. The van der Waals surface area contributed by atoms with Gasteiger partial charge in [0.2, 0.25) is 10.0 Å². The Balaban J connectivity index is 1.91. The first-order valence-electron chi connectivity index (χ1n) is 6.64. The molecule has 0 saturated heterocycles. The number of rotatable bonds is 7.